The Hall–Kier alpha value is -0.320. The molecule has 0 aromatic heterocycles. The molecule has 0 aromatic carbocycles. The highest BCUT2D eigenvalue weighted by Gasteiger charge is 2.25. The fraction of sp³-hybridized carbons (Fsp3) is 0.929. The highest BCUT2D eigenvalue weighted by molar-refractivity contribution is 5.85. The van der Waals surface area contributed by atoms with Crippen LogP contribution in [0.1, 0.15) is 51.4 Å². The van der Waals surface area contributed by atoms with Gasteiger partial charge in [-0.05, 0) is 31.6 Å². The van der Waals surface area contributed by atoms with E-state index in [1.807, 2.05) is 0 Å². The van der Waals surface area contributed by atoms with Crippen molar-refractivity contribution < 1.29 is 9.53 Å². The van der Waals surface area contributed by atoms with E-state index in [0.29, 0.717) is 18.9 Å². The Balaban J connectivity index is 0.00000180. The summed E-state index contributed by atoms with van der Waals surface area (Å²) < 4.78 is 5.49. The summed E-state index contributed by atoms with van der Waals surface area (Å²) in [6.45, 7) is 1.36. The largest absolute Gasteiger partial charge is 0.378 e. The maximum absolute atomic E-state index is 12.0. The molecule has 1 aliphatic heterocycles. The molecule has 1 saturated heterocycles. The van der Waals surface area contributed by atoms with E-state index in [2.05, 4.69) is 5.32 Å². The fourth-order valence-electron chi connectivity index (χ4n) is 3.18. The van der Waals surface area contributed by atoms with Gasteiger partial charge in [-0.2, -0.15) is 0 Å². The standard InChI is InChI=1S/C14H26N2O2.ClH/c15-10-13(11-5-2-1-3-6-11)16-14(17)9-12-7-4-8-18-12;/h11-13H,1-10,15H2,(H,16,17);1H. The molecule has 1 aliphatic carbocycles. The second kappa shape index (κ2) is 8.77. The van der Waals surface area contributed by atoms with Crippen LogP contribution in [0.3, 0.4) is 0 Å². The topological polar surface area (TPSA) is 64.3 Å². The van der Waals surface area contributed by atoms with Gasteiger partial charge in [0, 0.05) is 19.2 Å². The first-order chi connectivity index (χ1) is 8.79. The molecular weight excluding hydrogens is 264 g/mol. The molecule has 2 unspecified atom stereocenters. The lowest BCUT2D eigenvalue weighted by atomic mass is 9.84. The minimum Gasteiger partial charge on any atom is -0.378 e. The first-order valence-corrected chi connectivity index (χ1v) is 7.40. The van der Waals surface area contributed by atoms with Gasteiger partial charge in [0.15, 0.2) is 0 Å². The summed E-state index contributed by atoms with van der Waals surface area (Å²) in [6, 6.07) is 0.166. The lowest BCUT2D eigenvalue weighted by Crippen LogP contribution is -2.46. The van der Waals surface area contributed by atoms with Crippen molar-refractivity contribution in [2.45, 2.75) is 63.5 Å². The molecule has 2 fully saturated rings. The van der Waals surface area contributed by atoms with Crippen LogP contribution in [0, 0.1) is 5.92 Å². The normalized spacial score (nSPS) is 25.6. The first kappa shape index (κ1) is 16.7. The van der Waals surface area contributed by atoms with Crippen LogP contribution in [0.5, 0.6) is 0 Å². The third kappa shape index (κ3) is 5.28. The third-order valence-corrected chi connectivity index (χ3v) is 4.26. The van der Waals surface area contributed by atoms with Crippen LogP contribution in [-0.2, 0) is 9.53 Å². The Morgan fingerprint density at radius 2 is 1.95 bits per heavy atom. The van der Waals surface area contributed by atoms with E-state index < -0.39 is 0 Å². The highest BCUT2D eigenvalue weighted by Crippen LogP contribution is 2.26. The van der Waals surface area contributed by atoms with Gasteiger partial charge < -0.3 is 15.8 Å². The Bertz CT molecular complexity index is 264. The molecule has 0 aromatic rings. The highest BCUT2D eigenvalue weighted by atomic mass is 35.5. The number of halogens is 1. The molecule has 2 rings (SSSR count). The Morgan fingerprint density at radius 3 is 2.53 bits per heavy atom. The molecular formula is C14H27ClN2O2. The predicted molar refractivity (Wildman–Crippen MR) is 78.4 cm³/mol. The van der Waals surface area contributed by atoms with Crippen LogP contribution >= 0.6 is 12.4 Å². The quantitative estimate of drug-likeness (QED) is 0.814. The second-order valence-electron chi connectivity index (χ2n) is 5.65. The van der Waals surface area contributed by atoms with E-state index in [-0.39, 0.29) is 30.5 Å². The summed E-state index contributed by atoms with van der Waals surface area (Å²) in [5.74, 6) is 0.695. The average molecular weight is 291 g/mol. The number of carbonyl (C=O) groups excluding carboxylic acids is 1. The molecule has 1 heterocycles. The summed E-state index contributed by atoms with van der Waals surface area (Å²) in [7, 11) is 0. The van der Waals surface area contributed by atoms with Crippen molar-refractivity contribution in [3.63, 3.8) is 0 Å². The monoisotopic (exact) mass is 290 g/mol. The smallest absolute Gasteiger partial charge is 0.222 e. The molecule has 3 N–H and O–H groups in total. The number of ether oxygens (including phenoxy) is 1. The van der Waals surface area contributed by atoms with Gasteiger partial charge in [0.25, 0.3) is 0 Å². The number of hydrogen-bond acceptors (Lipinski definition) is 3. The zero-order valence-corrected chi connectivity index (χ0v) is 12.4. The fourth-order valence-corrected chi connectivity index (χ4v) is 3.18. The van der Waals surface area contributed by atoms with Crippen molar-refractivity contribution in [1.29, 1.82) is 0 Å². The number of amides is 1. The van der Waals surface area contributed by atoms with Gasteiger partial charge in [0.05, 0.1) is 12.5 Å². The molecule has 2 aliphatic rings. The maximum atomic E-state index is 12.0. The Kier molecular flexibility index (Phi) is 7.73. The Morgan fingerprint density at radius 1 is 1.21 bits per heavy atom. The van der Waals surface area contributed by atoms with Gasteiger partial charge in [-0.25, -0.2) is 0 Å². The minimum absolute atomic E-state index is 0. The maximum Gasteiger partial charge on any atom is 0.222 e. The van der Waals surface area contributed by atoms with Crippen molar-refractivity contribution in [2.75, 3.05) is 13.2 Å². The molecule has 1 amide bonds. The van der Waals surface area contributed by atoms with E-state index in [1.54, 1.807) is 0 Å². The van der Waals surface area contributed by atoms with Gasteiger partial charge >= 0.3 is 0 Å². The number of carbonyl (C=O) groups is 1. The zero-order valence-electron chi connectivity index (χ0n) is 11.6. The van der Waals surface area contributed by atoms with Crippen LogP contribution in [0.2, 0.25) is 0 Å². The van der Waals surface area contributed by atoms with Gasteiger partial charge in [0.1, 0.15) is 0 Å². The first-order valence-electron chi connectivity index (χ1n) is 7.40. The number of rotatable bonds is 5. The summed E-state index contributed by atoms with van der Waals surface area (Å²) in [5.41, 5.74) is 5.81. The van der Waals surface area contributed by atoms with Crippen LogP contribution in [0.4, 0.5) is 0 Å². The second-order valence-corrected chi connectivity index (χ2v) is 5.65. The van der Waals surface area contributed by atoms with E-state index in [0.717, 1.165) is 19.4 Å². The number of hydrogen-bond donors (Lipinski definition) is 2. The average Bonchev–Trinajstić information content (AvgIpc) is 2.90. The zero-order chi connectivity index (χ0) is 12.8. The van der Waals surface area contributed by atoms with Crippen LogP contribution in [0.15, 0.2) is 0 Å². The molecule has 19 heavy (non-hydrogen) atoms. The predicted octanol–water partition coefficient (Wildman–Crippen LogP) is 2.00. The van der Waals surface area contributed by atoms with Crippen molar-refractivity contribution in [3.05, 3.63) is 0 Å². The lowest BCUT2D eigenvalue weighted by molar-refractivity contribution is -0.124. The van der Waals surface area contributed by atoms with E-state index in [9.17, 15) is 4.79 Å². The van der Waals surface area contributed by atoms with Gasteiger partial charge in [-0.3, -0.25) is 4.79 Å². The number of nitrogens with two attached hydrogens (primary N) is 1. The van der Waals surface area contributed by atoms with Gasteiger partial charge in [0.2, 0.25) is 5.91 Å². The number of nitrogens with one attached hydrogen (secondary N) is 1. The lowest BCUT2D eigenvalue weighted by Gasteiger charge is -2.30. The van der Waals surface area contributed by atoms with Gasteiger partial charge in [-0.1, -0.05) is 19.3 Å². The molecule has 4 nitrogen and oxygen atoms in total. The van der Waals surface area contributed by atoms with Crippen LogP contribution in [0.25, 0.3) is 0 Å². The van der Waals surface area contributed by atoms with E-state index >= 15 is 0 Å². The molecule has 5 heteroatoms. The Labute approximate surface area is 122 Å². The van der Waals surface area contributed by atoms with Crippen LogP contribution in [-0.4, -0.2) is 31.2 Å². The summed E-state index contributed by atoms with van der Waals surface area (Å²) in [6.07, 6.45) is 9.05. The van der Waals surface area contributed by atoms with Crippen molar-refractivity contribution in [3.8, 4) is 0 Å². The van der Waals surface area contributed by atoms with Gasteiger partial charge in [-0.15, -0.1) is 12.4 Å². The molecule has 0 spiro atoms. The van der Waals surface area contributed by atoms with Crippen molar-refractivity contribution >= 4 is 18.3 Å². The minimum atomic E-state index is 0. The van der Waals surface area contributed by atoms with Crippen LogP contribution < -0.4 is 11.1 Å². The molecule has 2 atom stereocenters. The molecule has 1 saturated carbocycles. The molecule has 112 valence electrons. The van der Waals surface area contributed by atoms with Crippen molar-refractivity contribution in [2.24, 2.45) is 11.7 Å². The van der Waals surface area contributed by atoms with Crippen molar-refractivity contribution in [1.82, 2.24) is 5.32 Å². The SMILES string of the molecule is Cl.NCC(NC(=O)CC1CCCO1)C1CCCCC1. The summed E-state index contributed by atoms with van der Waals surface area (Å²) >= 11 is 0. The summed E-state index contributed by atoms with van der Waals surface area (Å²) in [4.78, 5) is 12.0. The third-order valence-electron chi connectivity index (χ3n) is 4.26. The summed E-state index contributed by atoms with van der Waals surface area (Å²) in [5, 5.41) is 3.12. The molecule has 0 radical (unpaired) electrons. The van der Waals surface area contributed by atoms with E-state index in [4.69, 9.17) is 10.5 Å². The molecule has 0 bridgehead atoms. The van der Waals surface area contributed by atoms with E-state index in [1.165, 1.54) is 32.1 Å².